The SMILES string of the molecule is COCCCC(=O)CC1=N/C(=C\c2[nH]c(CC(=O)CCCOC)c(C(=O)OC3C(C(C)(C)C)CC(C)CC3C(C)(C)C)c2C(C)C)C(C(C)C)=C1C(=O)OC1C(C(C)(C)C)CC(C)CC1C(C)(C)C. The van der Waals surface area contributed by atoms with Crippen LogP contribution >= 0.6 is 0 Å². The van der Waals surface area contributed by atoms with Crippen LogP contribution in [0.3, 0.4) is 0 Å². The van der Waals surface area contributed by atoms with Gasteiger partial charge in [-0.15, -0.1) is 0 Å². The van der Waals surface area contributed by atoms with E-state index in [0.717, 1.165) is 31.2 Å². The molecule has 4 unspecified atom stereocenters. The van der Waals surface area contributed by atoms with Crippen LogP contribution in [0.25, 0.3) is 6.08 Å². The first-order valence-corrected chi connectivity index (χ1v) is 26.5. The average Bonchev–Trinajstić information content (AvgIpc) is 3.74. The largest absolute Gasteiger partial charge is 0.458 e. The maximum atomic E-state index is 15.2. The highest BCUT2D eigenvalue weighted by Crippen LogP contribution is 2.52. The van der Waals surface area contributed by atoms with E-state index in [2.05, 4.69) is 116 Å². The van der Waals surface area contributed by atoms with Crippen molar-refractivity contribution >= 4 is 35.3 Å². The molecular weight excluding hydrogens is 865 g/mol. The molecule has 2 aliphatic carbocycles. The number of aromatic nitrogens is 1. The molecule has 2 saturated carbocycles. The minimum Gasteiger partial charge on any atom is -0.458 e. The minimum atomic E-state index is -0.445. The molecule has 1 aliphatic heterocycles. The van der Waals surface area contributed by atoms with Crippen molar-refractivity contribution in [1.82, 2.24) is 4.98 Å². The van der Waals surface area contributed by atoms with Gasteiger partial charge >= 0.3 is 11.9 Å². The normalized spacial score (nSPS) is 25.7. The van der Waals surface area contributed by atoms with Crippen molar-refractivity contribution in [3.8, 4) is 0 Å². The van der Waals surface area contributed by atoms with Gasteiger partial charge in [0.15, 0.2) is 0 Å². The van der Waals surface area contributed by atoms with Gasteiger partial charge in [0.1, 0.15) is 23.8 Å². The zero-order chi connectivity index (χ0) is 52.1. The van der Waals surface area contributed by atoms with E-state index < -0.39 is 11.9 Å². The Morgan fingerprint density at radius 1 is 0.623 bits per heavy atom. The van der Waals surface area contributed by atoms with Crippen LogP contribution in [0, 0.1) is 63.1 Å². The Hall–Kier alpha value is -3.37. The number of hydrogen-bond donors (Lipinski definition) is 1. The lowest BCUT2D eigenvalue weighted by Gasteiger charge is -2.50. The number of aliphatic imine (C=N–C) groups is 1. The summed E-state index contributed by atoms with van der Waals surface area (Å²) in [5, 5.41) is 0. The molecule has 1 N–H and O–H groups in total. The van der Waals surface area contributed by atoms with Crippen LogP contribution in [0.5, 0.6) is 0 Å². The number of nitrogens with zero attached hydrogens (tertiary/aromatic N) is 1. The van der Waals surface area contributed by atoms with Gasteiger partial charge < -0.3 is 23.9 Å². The predicted molar refractivity (Wildman–Crippen MR) is 280 cm³/mol. The molecule has 10 heteroatoms. The van der Waals surface area contributed by atoms with Crippen molar-refractivity contribution in [2.45, 2.75) is 207 Å². The summed E-state index contributed by atoms with van der Waals surface area (Å²) in [4.78, 5) is 66.8. The highest BCUT2D eigenvalue weighted by atomic mass is 16.5. The molecule has 1 aromatic rings. The molecule has 0 amide bonds. The number of hydrogen-bond acceptors (Lipinski definition) is 9. The second kappa shape index (κ2) is 23.5. The Kier molecular flexibility index (Phi) is 19.8. The fourth-order valence-corrected chi connectivity index (χ4v) is 11.9. The van der Waals surface area contributed by atoms with Crippen molar-refractivity contribution < 1.29 is 38.1 Å². The second-order valence-corrected chi connectivity index (χ2v) is 26.4. The Bertz CT molecular complexity index is 2010. The smallest absolute Gasteiger partial charge is 0.340 e. The Balaban J connectivity index is 1.98. The third-order valence-corrected chi connectivity index (χ3v) is 15.6. The van der Waals surface area contributed by atoms with Crippen LogP contribution < -0.4 is 0 Å². The summed E-state index contributed by atoms with van der Waals surface area (Å²) in [5.74, 6) is 0.211. The van der Waals surface area contributed by atoms with Crippen LogP contribution in [0.15, 0.2) is 21.8 Å². The van der Waals surface area contributed by atoms with E-state index >= 15 is 9.59 Å². The fraction of sp³-hybridized carbons (Fsp3) is 0.780. The Morgan fingerprint density at radius 2 is 1.03 bits per heavy atom. The van der Waals surface area contributed by atoms with Gasteiger partial charge in [-0.3, -0.25) is 14.6 Å². The second-order valence-electron chi connectivity index (χ2n) is 26.4. The van der Waals surface area contributed by atoms with Crippen molar-refractivity contribution in [2.24, 2.45) is 68.1 Å². The van der Waals surface area contributed by atoms with Crippen LogP contribution in [-0.4, -0.2) is 73.8 Å². The molecule has 0 saturated heterocycles. The molecule has 0 aromatic carbocycles. The molecule has 0 spiro atoms. The summed E-state index contributed by atoms with van der Waals surface area (Å²) in [6.07, 6.45) is 6.79. The first-order valence-electron chi connectivity index (χ1n) is 26.5. The van der Waals surface area contributed by atoms with Gasteiger partial charge in [-0.05, 0) is 101 Å². The summed E-state index contributed by atoms with van der Waals surface area (Å²) in [6, 6.07) is 0. The maximum absolute atomic E-state index is 15.2. The van der Waals surface area contributed by atoms with Gasteiger partial charge in [0.05, 0.1) is 22.5 Å². The number of aromatic amines is 1. The molecule has 10 nitrogen and oxygen atoms in total. The summed E-state index contributed by atoms with van der Waals surface area (Å²) in [6.45, 7) is 40.7. The van der Waals surface area contributed by atoms with E-state index in [0.29, 0.717) is 83.8 Å². The molecule has 1 aromatic heterocycles. The van der Waals surface area contributed by atoms with Gasteiger partial charge in [0, 0.05) is 88.2 Å². The highest BCUT2D eigenvalue weighted by molar-refractivity contribution is 6.27. The zero-order valence-electron chi connectivity index (χ0n) is 47.0. The lowest BCUT2D eigenvalue weighted by molar-refractivity contribution is -0.164. The van der Waals surface area contributed by atoms with Crippen molar-refractivity contribution in [3.63, 3.8) is 0 Å². The number of carbonyl (C=O) groups excluding carboxylic acids is 4. The van der Waals surface area contributed by atoms with Crippen molar-refractivity contribution in [2.75, 3.05) is 27.4 Å². The first-order chi connectivity index (χ1) is 31.8. The van der Waals surface area contributed by atoms with Gasteiger partial charge in [0.2, 0.25) is 0 Å². The summed E-state index contributed by atoms with van der Waals surface area (Å²) >= 11 is 0. The predicted octanol–water partition coefficient (Wildman–Crippen LogP) is 13.8. The zero-order valence-corrected chi connectivity index (χ0v) is 47.0. The van der Waals surface area contributed by atoms with Gasteiger partial charge in [-0.2, -0.15) is 0 Å². The van der Waals surface area contributed by atoms with Crippen LogP contribution in [0.2, 0.25) is 0 Å². The maximum Gasteiger partial charge on any atom is 0.340 e. The topological polar surface area (TPSA) is 133 Å². The molecule has 390 valence electrons. The molecule has 0 bridgehead atoms. The van der Waals surface area contributed by atoms with Crippen LogP contribution in [0.4, 0.5) is 0 Å². The van der Waals surface area contributed by atoms with Gasteiger partial charge in [-0.25, -0.2) is 9.59 Å². The number of esters is 2. The summed E-state index contributed by atoms with van der Waals surface area (Å²) in [7, 11) is 3.25. The number of rotatable bonds is 19. The summed E-state index contributed by atoms with van der Waals surface area (Å²) in [5.41, 5.74) is 3.81. The molecule has 4 atom stereocenters. The highest BCUT2D eigenvalue weighted by Gasteiger charge is 2.50. The van der Waals surface area contributed by atoms with Crippen LogP contribution in [-0.2, 0) is 39.8 Å². The Labute approximate surface area is 418 Å². The third-order valence-electron chi connectivity index (χ3n) is 15.6. The number of Topliss-reactive ketones (excluding diaryl/α,β-unsaturated/α-hetero) is 2. The number of H-pyrrole nitrogens is 1. The molecule has 3 aliphatic rings. The van der Waals surface area contributed by atoms with Gasteiger partial charge in [0.25, 0.3) is 0 Å². The lowest BCUT2D eigenvalue weighted by atomic mass is 9.59. The van der Waals surface area contributed by atoms with Gasteiger partial charge in [-0.1, -0.05) is 125 Å². The van der Waals surface area contributed by atoms with E-state index in [1.54, 1.807) is 14.2 Å². The minimum absolute atomic E-state index is 0.0105. The van der Waals surface area contributed by atoms with E-state index in [1.165, 1.54) is 0 Å². The molecule has 4 rings (SSSR count). The molecule has 2 fully saturated rings. The molecule has 2 heterocycles. The number of allylic oxidation sites excluding steroid dienone is 1. The summed E-state index contributed by atoms with van der Waals surface area (Å²) < 4.78 is 24.3. The molecule has 69 heavy (non-hydrogen) atoms. The quantitative estimate of drug-likeness (QED) is 0.107. The van der Waals surface area contributed by atoms with Crippen LogP contribution in [0.1, 0.15) is 216 Å². The third kappa shape index (κ3) is 14.9. The molecular formula is C59H96N2O8. The van der Waals surface area contributed by atoms with Crippen molar-refractivity contribution in [3.05, 3.63) is 39.4 Å². The van der Waals surface area contributed by atoms with E-state index in [9.17, 15) is 9.59 Å². The number of ketones is 2. The fourth-order valence-electron chi connectivity index (χ4n) is 11.9. The monoisotopic (exact) mass is 961 g/mol. The number of methoxy groups -OCH3 is 2. The molecule has 0 radical (unpaired) electrons. The standard InChI is InChI=1S/C59H96N2O8/c1-34(2)48-46(60-44(31-38(62)23-21-25-66-19)50(48)54(64)68-52-40(56(7,8)9)27-36(5)28-41(52)57(10,11)12)33-47-49(35(3)4)51(45(61-47)32-39(63)24-22-26-67-20)55(65)69-53-42(58(13,14)15)29-37(6)30-43(53)59(16,17)18/h33-37,40-43,52-53,60H,21-32H2,1-20H3/b47-33-. The average molecular weight is 961 g/mol. The van der Waals surface area contributed by atoms with Crippen molar-refractivity contribution in [1.29, 1.82) is 0 Å². The van der Waals surface area contributed by atoms with E-state index in [-0.39, 0.29) is 100 Å². The van der Waals surface area contributed by atoms with E-state index in [4.69, 9.17) is 23.9 Å². The lowest BCUT2D eigenvalue weighted by Crippen LogP contribution is -2.49. The first kappa shape index (κ1) is 58.2. The Morgan fingerprint density at radius 3 is 1.41 bits per heavy atom. The number of nitrogens with one attached hydrogen (secondary N) is 1. The van der Waals surface area contributed by atoms with E-state index in [1.807, 2.05) is 19.9 Å². The number of carbonyl (C=O) groups is 4. The number of ether oxygens (including phenoxy) is 4.